The zero-order valence-electron chi connectivity index (χ0n) is 15.5. The second-order valence-corrected chi connectivity index (χ2v) is 9.27. The molecule has 0 bridgehead atoms. The van der Waals surface area contributed by atoms with Gasteiger partial charge in [0.2, 0.25) is 21.9 Å². The van der Waals surface area contributed by atoms with Crippen LogP contribution in [0.3, 0.4) is 0 Å². The first kappa shape index (κ1) is 17.5. The van der Waals surface area contributed by atoms with Gasteiger partial charge in [-0.05, 0) is 25.7 Å². The first-order valence-corrected chi connectivity index (χ1v) is 10.1. The molecule has 1 saturated heterocycles. The van der Waals surface area contributed by atoms with Crippen molar-refractivity contribution in [3.63, 3.8) is 0 Å². The minimum Gasteiger partial charge on any atom is -0.357 e. The van der Waals surface area contributed by atoms with Gasteiger partial charge in [0.25, 0.3) is 0 Å². The lowest BCUT2D eigenvalue weighted by Gasteiger charge is -2.33. The van der Waals surface area contributed by atoms with E-state index in [2.05, 4.69) is 36.2 Å². The molecule has 3 heterocycles. The summed E-state index contributed by atoms with van der Waals surface area (Å²) in [6.45, 7) is 6.44. The fraction of sp³-hybridized carbons (Fsp3) is 0.667. The molecule has 7 nitrogen and oxygen atoms in total. The normalized spacial score (nSPS) is 24.7. The first-order valence-electron chi connectivity index (χ1n) is 9.29. The predicted molar refractivity (Wildman–Crippen MR) is 100 cm³/mol. The highest BCUT2D eigenvalue weighted by molar-refractivity contribution is 7.20. The van der Waals surface area contributed by atoms with E-state index in [1.807, 2.05) is 10.7 Å². The number of anilines is 1. The van der Waals surface area contributed by atoms with Crippen molar-refractivity contribution >= 4 is 33.2 Å². The van der Waals surface area contributed by atoms with Gasteiger partial charge >= 0.3 is 0 Å². The number of amides is 2. The molecule has 1 aliphatic carbocycles. The molecule has 2 fully saturated rings. The van der Waals surface area contributed by atoms with E-state index in [9.17, 15) is 9.59 Å². The quantitative estimate of drug-likeness (QED) is 0.835. The molecule has 1 saturated carbocycles. The number of imidazole rings is 1. The van der Waals surface area contributed by atoms with Gasteiger partial charge in [0.05, 0.1) is 11.9 Å². The van der Waals surface area contributed by atoms with Crippen molar-refractivity contribution in [2.24, 2.45) is 0 Å². The number of hydrogen-bond donors (Lipinski definition) is 1. The largest absolute Gasteiger partial charge is 0.357 e. The molecular formula is C18H25N5O2S. The van der Waals surface area contributed by atoms with Crippen molar-refractivity contribution in [1.82, 2.24) is 19.5 Å². The molecule has 2 aromatic rings. The van der Waals surface area contributed by atoms with Crippen LogP contribution < -0.4 is 5.32 Å². The SMILES string of the molecule is CC(C)(C)c1cn2nc(NC3CCC(N4C(=O)CCC4=O)CC3)sc2n1. The van der Waals surface area contributed by atoms with Gasteiger partial charge in [0, 0.05) is 30.3 Å². The monoisotopic (exact) mass is 375 g/mol. The summed E-state index contributed by atoms with van der Waals surface area (Å²) in [4.78, 5) is 30.9. The summed E-state index contributed by atoms with van der Waals surface area (Å²) >= 11 is 1.57. The van der Waals surface area contributed by atoms with E-state index >= 15 is 0 Å². The van der Waals surface area contributed by atoms with Crippen LogP contribution in [0, 0.1) is 0 Å². The number of nitrogens with zero attached hydrogens (tertiary/aromatic N) is 4. The maximum Gasteiger partial charge on any atom is 0.229 e. The Bertz CT molecular complexity index is 794. The molecule has 8 heteroatoms. The molecule has 2 aromatic heterocycles. The minimum atomic E-state index is 0.00205. The standard InChI is InChI=1S/C18H25N5O2S/c1-18(2,3)13-10-22-17(20-13)26-16(21-22)19-11-4-6-12(7-5-11)23-14(24)8-9-15(23)25/h10-12H,4-9H2,1-3H3,(H,19,21). The predicted octanol–water partition coefficient (Wildman–Crippen LogP) is 2.96. The first-order chi connectivity index (χ1) is 12.3. The van der Waals surface area contributed by atoms with Gasteiger partial charge in [-0.25, -0.2) is 9.50 Å². The van der Waals surface area contributed by atoms with Gasteiger partial charge in [0.15, 0.2) is 0 Å². The van der Waals surface area contributed by atoms with Crippen LogP contribution in [0.1, 0.15) is 65.0 Å². The molecule has 2 amide bonds. The summed E-state index contributed by atoms with van der Waals surface area (Å²) in [5.41, 5.74) is 1.06. The van der Waals surface area contributed by atoms with Crippen LogP contribution >= 0.6 is 11.3 Å². The Morgan fingerprint density at radius 3 is 2.35 bits per heavy atom. The Morgan fingerprint density at radius 2 is 1.77 bits per heavy atom. The fourth-order valence-corrected chi connectivity index (χ4v) is 4.63. The van der Waals surface area contributed by atoms with E-state index in [4.69, 9.17) is 0 Å². The molecule has 0 atom stereocenters. The molecule has 1 aliphatic heterocycles. The zero-order chi connectivity index (χ0) is 18.5. The topological polar surface area (TPSA) is 79.6 Å². The lowest BCUT2D eigenvalue weighted by Crippen LogP contribution is -2.43. The average Bonchev–Trinajstić information content (AvgIpc) is 3.21. The van der Waals surface area contributed by atoms with E-state index in [1.54, 1.807) is 11.3 Å². The van der Waals surface area contributed by atoms with Crippen molar-refractivity contribution in [1.29, 1.82) is 0 Å². The third-order valence-electron chi connectivity index (χ3n) is 5.29. The maximum atomic E-state index is 11.9. The number of carbonyl (C=O) groups excluding carboxylic acids is 2. The highest BCUT2D eigenvalue weighted by Gasteiger charge is 2.37. The summed E-state index contributed by atoms with van der Waals surface area (Å²) in [7, 11) is 0. The van der Waals surface area contributed by atoms with E-state index in [0.717, 1.165) is 41.5 Å². The Labute approximate surface area is 156 Å². The van der Waals surface area contributed by atoms with Crippen LogP contribution in [0.5, 0.6) is 0 Å². The van der Waals surface area contributed by atoms with E-state index < -0.39 is 0 Å². The molecule has 2 aliphatic rings. The molecule has 0 aromatic carbocycles. The van der Waals surface area contributed by atoms with Crippen molar-refractivity contribution in [2.45, 2.75) is 76.8 Å². The Kier molecular flexibility index (Phi) is 4.25. The number of rotatable bonds is 3. The number of carbonyl (C=O) groups is 2. The Balaban J connectivity index is 1.37. The van der Waals surface area contributed by atoms with Gasteiger partial charge in [-0.1, -0.05) is 32.1 Å². The van der Waals surface area contributed by atoms with Crippen LogP contribution in [0.4, 0.5) is 5.13 Å². The number of nitrogens with one attached hydrogen (secondary N) is 1. The molecule has 1 N–H and O–H groups in total. The summed E-state index contributed by atoms with van der Waals surface area (Å²) in [5.74, 6) is 0.00409. The molecule has 0 unspecified atom stereocenters. The minimum absolute atomic E-state index is 0.00205. The third kappa shape index (κ3) is 3.22. The van der Waals surface area contributed by atoms with Gasteiger partial charge < -0.3 is 5.32 Å². The van der Waals surface area contributed by atoms with Gasteiger partial charge in [-0.2, -0.15) is 0 Å². The number of imide groups is 1. The summed E-state index contributed by atoms with van der Waals surface area (Å²) in [5, 5.41) is 8.99. The zero-order valence-corrected chi connectivity index (χ0v) is 16.3. The maximum absolute atomic E-state index is 11.9. The molecule has 140 valence electrons. The van der Waals surface area contributed by atoms with Crippen LogP contribution in [0.2, 0.25) is 0 Å². The van der Waals surface area contributed by atoms with Crippen LogP contribution in [0.15, 0.2) is 6.20 Å². The van der Waals surface area contributed by atoms with Gasteiger partial charge in [0.1, 0.15) is 0 Å². The van der Waals surface area contributed by atoms with Crippen molar-refractivity contribution in [2.75, 3.05) is 5.32 Å². The fourth-order valence-electron chi connectivity index (χ4n) is 3.77. The number of aromatic nitrogens is 3. The van der Waals surface area contributed by atoms with Gasteiger partial charge in [-0.3, -0.25) is 14.5 Å². The molecule has 0 spiro atoms. The van der Waals surface area contributed by atoms with Crippen LogP contribution in [-0.4, -0.2) is 43.4 Å². The van der Waals surface area contributed by atoms with Crippen molar-refractivity contribution in [3.8, 4) is 0 Å². The number of likely N-dealkylation sites (tertiary alicyclic amines) is 1. The van der Waals surface area contributed by atoms with Crippen LogP contribution in [-0.2, 0) is 15.0 Å². The smallest absolute Gasteiger partial charge is 0.229 e. The summed E-state index contributed by atoms with van der Waals surface area (Å²) in [6, 6.07) is 0.413. The molecule has 0 radical (unpaired) electrons. The highest BCUT2D eigenvalue weighted by atomic mass is 32.1. The highest BCUT2D eigenvalue weighted by Crippen LogP contribution is 2.31. The summed E-state index contributed by atoms with van der Waals surface area (Å²) in [6.07, 6.45) is 6.38. The molecular weight excluding hydrogens is 350 g/mol. The van der Waals surface area contributed by atoms with Gasteiger partial charge in [-0.15, -0.1) is 5.10 Å². The van der Waals surface area contributed by atoms with E-state index in [0.29, 0.717) is 18.9 Å². The van der Waals surface area contributed by atoms with Crippen LogP contribution in [0.25, 0.3) is 4.96 Å². The Hall–Kier alpha value is -1.96. The second kappa shape index (κ2) is 6.33. The lowest BCUT2D eigenvalue weighted by molar-refractivity contribution is -0.141. The van der Waals surface area contributed by atoms with Crippen molar-refractivity contribution < 1.29 is 9.59 Å². The van der Waals surface area contributed by atoms with Crippen molar-refractivity contribution in [3.05, 3.63) is 11.9 Å². The third-order valence-corrected chi connectivity index (χ3v) is 6.14. The molecule has 26 heavy (non-hydrogen) atoms. The Morgan fingerprint density at radius 1 is 1.12 bits per heavy atom. The molecule has 4 rings (SSSR count). The van der Waals surface area contributed by atoms with E-state index in [-0.39, 0.29) is 23.3 Å². The lowest BCUT2D eigenvalue weighted by atomic mass is 9.90. The average molecular weight is 375 g/mol. The number of hydrogen-bond acceptors (Lipinski definition) is 6. The second-order valence-electron chi connectivity index (χ2n) is 8.32. The summed E-state index contributed by atoms with van der Waals surface area (Å²) < 4.78 is 1.85. The van der Waals surface area contributed by atoms with E-state index in [1.165, 1.54) is 4.90 Å². The number of fused-ring (bicyclic) bond motifs is 1.